The minimum atomic E-state index is -0.256. The van der Waals surface area contributed by atoms with Gasteiger partial charge in [-0.15, -0.1) is 0 Å². The lowest BCUT2D eigenvalue weighted by molar-refractivity contribution is 0.253. The van der Waals surface area contributed by atoms with Crippen molar-refractivity contribution in [1.29, 1.82) is 0 Å². The molecule has 4 nitrogen and oxygen atoms in total. The zero-order valence-corrected chi connectivity index (χ0v) is 14.6. The molecule has 0 bridgehead atoms. The number of hydrogen-bond donors (Lipinski definition) is 2. The molecule has 0 aliphatic rings. The second-order valence-corrected chi connectivity index (χ2v) is 5.82. The molecule has 24 heavy (non-hydrogen) atoms. The quantitative estimate of drug-likeness (QED) is 0.849. The summed E-state index contributed by atoms with van der Waals surface area (Å²) in [6, 6.07) is 13.5. The first-order valence-corrected chi connectivity index (χ1v) is 7.84. The van der Waals surface area contributed by atoms with Crippen LogP contribution in [0, 0.1) is 25.7 Å². The molecule has 4 heteroatoms. The molecule has 0 unspecified atom stereocenters. The Morgan fingerprint density at radius 2 is 1.83 bits per heavy atom. The van der Waals surface area contributed by atoms with Crippen LogP contribution in [0.15, 0.2) is 42.5 Å². The topological polar surface area (TPSA) is 44.4 Å². The average molecular weight is 321 g/mol. The summed E-state index contributed by atoms with van der Waals surface area (Å²) < 4.78 is 0. The van der Waals surface area contributed by atoms with Crippen molar-refractivity contribution in [2.24, 2.45) is 0 Å². The Hall–Kier alpha value is -2.93. The molecule has 0 fully saturated rings. The Morgan fingerprint density at radius 3 is 2.54 bits per heavy atom. The average Bonchev–Trinajstić information content (AvgIpc) is 2.55. The van der Waals surface area contributed by atoms with Gasteiger partial charge in [0, 0.05) is 25.3 Å². The molecular weight excluding hydrogens is 298 g/mol. The molecule has 0 saturated carbocycles. The smallest absolute Gasteiger partial charge is 0.319 e. The molecule has 0 aliphatic carbocycles. The maximum atomic E-state index is 11.9. The lowest BCUT2D eigenvalue weighted by atomic mass is 10.1. The summed E-state index contributed by atoms with van der Waals surface area (Å²) in [6.45, 7) is 4.35. The van der Waals surface area contributed by atoms with E-state index in [2.05, 4.69) is 22.5 Å². The third-order valence-corrected chi connectivity index (χ3v) is 3.71. The summed E-state index contributed by atoms with van der Waals surface area (Å²) in [5.41, 5.74) is 5.13. The van der Waals surface area contributed by atoms with Crippen LogP contribution < -0.4 is 15.5 Å². The van der Waals surface area contributed by atoms with Crippen molar-refractivity contribution in [3.63, 3.8) is 0 Å². The second kappa shape index (κ2) is 8.07. The SMILES string of the molecule is Cc1ccc(NC(=O)NCC#Cc2ccccc2N(C)C)cc1C. The van der Waals surface area contributed by atoms with Gasteiger partial charge in [0.15, 0.2) is 0 Å². The third-order valence-electron chi connectivity index (χ3n) is 3.71. The van der Waals surface area contributed by atoms with Crippen LogP contribution in [0.25, 0.3) is 0 Å². The van der Waals surface area contributed by atoms with Gasteiger partial charge in [-0.2, -0.15) is 0 Å². The standard InChI is InChI=1S/C20H23N3O/c1-15-11-12-18(14-16(15)2)22-20(24)21-13-7-9-17-8-5-6-10-19(17)23(3)4/h5-6,8,10-12,14H,13H2,1-4H3,(H2,21,22,24). The van der Waals surface area contributed by atoms with Gasteiger partial charge in [-0.05, 0) is 49.2 Å². The number of rotatable bonds is 3. The van der Waals surface area contributed by atoms with Crippen LogP contribution in [0.4, 0.5) is 16.2 Å². The minimum absolute atomic E-state index is 0.256. The summed E-state index contributed by atoms with van der Waals surface area (Å²) in [5, 5.41) is 5.56. The van der Waals surface area contributed by atoms with Gasteiger partial charge < -0.3 is 15.5 Å². The first-order chi connectivity index (χ1) is 11.5. The highest BCUT2D eigenvalue weighted by molar-refractivity contribution is 5.89. The Bertz CT molecular complexity index is 785. The van der Waals surface area contributed by atoms with Gasteiger partial charge in [0.25, 0.3) is 0 Å². The number of aryl methyl sites for hydroxylation is 2. The molecule has 0 heterocycles. The monoisotopic (exact) mass is 321 g/mol. The number of carbonyl (C=O) groups excluding carboxylic acids is 1. The molecule has 2 amide bonds. The van der Waals surface area contributed by atoms with E-state index in [0.29, 0.717) is 6.54 Å². The predicted molar refractivity (Wildman–Crippen MR) is 101 cm³/mol. The van der Waals surface area contributed by atoms with E-state index in [1.807, 2.05) is 75.3 Å². The van der Waals surface area contributed by atoms with E-state index in [9.17, 15) is 4.79 Å². The molecule has 2 N–H and O–H groups in total. The normalized spacial score (nSPS) is 9.67. The summed E-state index contributed by atoms with van der Waals surface area (Å²) in [7, 11) is 3.96. The van der Waals surface area contributed by atoms with Gasteiger partial charge in [0.1, 0.15) is 0 Å². The molecule has 0 saturated heterocycles. The van der Waals surface area contributed by atoms with Gasteiger partial charge in [0.2, 0.25) is 0 Å². The Labute approximate surface area is 143 Å². The molecule has 124 valence electrons. The second-order valence-electron chi connectivity index (χ2n) is 5.82. The molecule has 0 aromatic heterocycles. The van der Waals surface area contributed by atoms with Crippen molar-refractivity contribution >= 4 is 17.4 Å². The Morgan fingerprint density at radius 1 is 1.08 bits per heavy atom. The molecule has 0 aliphatic heterocycles. The van der Waals surface area contributed by atoms with Gasteiger partial charge in [-0.25, -0.2) is 4.79 Å². The first kappa shape index (κ1) is 17.4. The molecule has 0 atom stereocenters. The summed E-state index contributed by atoms with van der Waals surface area (Å²) in [4.78, 5) is 13.9. The van der Waals surface area contributed by atoms with Crippen LogP contribution in [-0.2, 0) is 0 Å². The van der Waals surface area contributed by atoms with Crippen molar-refractivity contribution < 1.29 is 4.79 Å². The molecule has 2 rings (SSSR count). The molecule has 2 aromatic carbocycles. The van der Waals surface area contributed by atoms with Gasteiger partial charge in [-0.1, -0.05) is 30.0 Å². The van der Waals surface area contributed by atoms with E-state index in [-0.39, 0.29) is 6.03 Å². The van der Waals surface area contributed by atoms with E-state index in [4.69, 9.17) is 0 Å². The zero-order chi connectivity index (χ0) is 17.5. The molecular formula is C20H23N3O. The third kappa shape index (κ3) is 4.79. The number of benzene rings is 2. The van der Waals surface area contributed by atoms with Crippen LogP contribution in [0.5, 0.6) is 0 Å². The fraction of sp³-hybridized carbons (Fsp3) is 0.250. The first-order valence-electron chi connectivity index (χ1n) is 7.84. The highest BCUT2D eigenvalue weighted by atomic mass is 16.2. The van der Waals surface area contributed by atoms with E-state index in [0.717, 1.165) is 22.5 Å². The number of hydrogen-bond acceptors (Lipinski definition) is 2. The molecule has 0 radical (unpaired) electrons. The predicted octanol–water partition coefficient (Wildman–Crippen LogP) is 3.54. The van der Waals surface area contributed by atoms with Gasteiger partial charge in [0.05, 0.1) is 12.2 Å². The Kier molecular flexibility index (Phi) is 5.86. The van der Waals surface area contributed by atoms with Crippen LogP contribution in [0.1, 0.15) is 16.7 Å². The van der Waals surface area contributed by atoms with E-state index >= 15 is 0 Å². The van der Waals surface area contributed by atoms with Gasteiger partial charge in [-0.3, -0.25) is 0 Å². The minimum Gasteiger partial charge on any atom is -0.377 e. The highest BCUT2D eigenvalue weighted by Gasteiger charge is 2.02. The van der Waals surface area contributed by atoms with Crippen LogP contribution >= 0.6 is 0 Å². The largest absolute Gasteiger partial charge is 0.377 e. The van der Waals surface area contributed by atoms with Crippen molar-refractivity contribution in [2.45, 2.75) is 13.8 Å². The number of carbonyl (C=O) groups is 1. The number of nitrogens with zero attached hydrogens (tertiary/aromatic N) is 1. The summed E-state index contributed by atoms with van der Waals surface area (Å²) >= 11 is 0. The number of anilines is 2. The zero-order valence-electron chi connectivity index (χ0n) is 14.6. The maximum absolute atomic E-state index is 11.9. The molecule has 0 spiro atoms. The Balaban J connectivity index is 1.91. The number of amides is 2. The number of urea groups is 1. The van der Waals surface area contributed by atoms with Crippen molar-refractivity contribution in [2.75, 3.05) is 30.9 Å². The summed E-state index contributed by atoms with van der Waals surface area (Å²) in [6.07, 6.45) is 0. The maximum Gasteiger partial charge on any atom is 0.319 e. The van der Waals surface area contributed by atoms with E-state index in [1.54, 1.807) is 0 Å². The van der Waals surface area contributed by atoms with E-state index in [1.165, 1.54) is 5.56 Å². The molecule has 2 aromatic rings. The van der Waals surface area contributed by atoms with Crippen molar-refractivity contribution in [3.05, 3.63) is 59.2 Å². The number of para-hydroxylation sites is 1. The van der Waals surface area contributed by atoms with Crippen molar-refractivity contribution in [1.82, 2.24) is 5.32 Å². The van der Waals surface area contributed by atoms with Gasteiger partial charge >= 0.3 is 6.03 Å². The lowest BCUT2D eigenvalue weighted by Gasteiger charge is -2.13. The van der Waals surface area contributed by atoms with Crippen LogP contribution in [0.2, 0.25) is 0 Å². The number of nitrogens with one attached hydrogen (secondary N) is 2. The van der Waals surface area contributed by atoms with Crippen LogP contribution in [-0.4, -0.2) is 26.7 Å². The fourth-order valence-corrected chi connectivity index (χ4v) is 2.23. The van der Waals surface area contributed by atoms with E-state index < -0.39 is 0 Å². The fourth-order valence-electron chi connectivity index (χ4n) is 2.23. The van der Waals surface area contributed by atoms with Crippen molar-refractivity contribution in [3.8, 4) is 11.8 Å². The summed E-state index contributed by atoms with van der Waals surface area (Å²) in [5.74, 6) is 6.08. The highest BCUT2D eigenvalue weighted by Crippen LogP contribution is 2.16. The lowest BCUT2D eigenvalue weighted by Crippen LogP contribution is -2.28. The van der Waals surface area contributed by atoms with Crippen LogP contribution in [0.3, 0.4) is 0 Å².